The van der Waals surface area contributed by atoms with Crippen LogP contribution in [0.15, 0.2) is 0 Å². The first-order chi connectivity index (χ1) is 8.59. The van der Waals surface area contributed by atoms with E-state index in [1.807, 2.05) is 11.7 Å². The Kier molecular flexibility index (Phi) is 4.40. The van der Waals surface area contributed by atoms with E-state index in [-0.39, 0.29) is 0 Å². The zero-order chi connectivity index (χ0) is 13.1. The number of ether oxygens (including phenoxy) is 1. The highest BCUT2D eigenvalue weighted by atomic mass is 16.5. The van der Waals surface area contributed by atoms with Crippen LogP contribution in [0.5, 0.6) is 0 Å². The Morgan fingerprint density at radius 3 is 2.78 bits per heavy atom. The van der Waals surface area contributed by atoms with Crippen molar-refractivity contribution in [2.45, 2.75) is 52.2 Å². The standard InChI is InChI=1S/C14H25N3O/c1-10(14-11(2)16-17(4)12(14)3)15-9-13-7-5-6-8-18-13/h10,13,15H,5-9H2,1-4H3. The highest BCUT2D eigenvalue weighted by Crippen LogP contribution is 2.21. The fourth-order valence-corrected chi connectivity index (χ4v) is 2.80. The van der Waals surface area contributed by atoms with E-state index in [1.165, 1.54) is 30.5 Å². The molecule has 2 heterocycles. The molecule has 0 radical (unpaired) electrons. The topological polar surface area (TPSA) is 39.1 Å². The molecule has 1 aromatic heterocycles. The number of aryl methyl sites for hydroxylation is 2. The molecule has 2 rings (SSSR count). The van der Waals surface area contributed by atoms with Crippen molar-refractivity contribution in [1.82, 2.24) is 15.1 Å². The zero-order valence-electron chi connectivity index (χ0n) is 12.0. The normalized spacial score (nSPS) is 22.1. The van der Waals surface area contributed by atoms with Crippen LogP contribution in [0.3, 0.4) is 0 Å². The maximum atomic E-state index is 5.75. The van der Waals surface area contributed by atoms with Crippen LogP contribution < -0.4 is 5.32 Å². The lowest BCUT2D eigenvalue weighted by Gasteiger charge is -2.25. The molecule has 2 unspecified atom stereocenters. The van der Waals surface area contributed by atoms with E-state index in [0.29, 0.717) is 12.1 Å². The van der Waals surface area contributed by atoms with E-state index in [0.717, 1.165) is 18.8 Å². The Balaban J connectivity index is 1.92. The molecule has 1 N–H and O–H groups in total. The first-order valence-electron chi connectivity index (χ1n) is 6.94. The third-order valence-corrected chi connectivity index (χ3v) is 3.92. The second kappa shape index (κ2) is 5.85. The van der Waals surface area contributed by atoms with Gasteiger partial charge in [-0.05, 0) is 40.0 Å². The number of nitrogens with zero attached hydrogens (tertiary/aromatic N) is 2. The molecule has 18 heavy (non-hydrogen) atoms. The zero-order valence-corrected chi connectivity index (χ0v) is 12.0. The van der Waals surface area contributed by atoms with Gasteiger partial charge < -0.3 is 10.1 Å². The van der Waals surface area contributed by atoms with Gasteiger partial charge in [-0.3, -0.25) is 4.68 Å². The molecule has 0 amide bonds. The summed E-state index contributed by atoms with van der Waals surface area (Å²) in [4.78, 5) is 0. The first-order valence-corrected chi connectivity index (χ1v) is 6.94. The van der Waals surface area contributed by atoms with Crippen molar-refractivity contribution < 1.29 is 4.74 Å². The van der Waals surface area contributed by atoms with Crippen molar-refractivity contribution in [2.24, 2.45) is 7.05 Å². The fourth-order valence-electron chi connectivity index (χ4n) is 2.80. The monoisotopic (exact) mass is 251 g/mol. The molecule has 1 fully saturated rings. The van der Waals surface area contributed by atoms with Gasteiger partial charge in [0.1, 0.15) is 0 Å². The molecule has 0 bridgehead atoms. The summed E-state index contributed by atoms with van der Waals surface area (Å²) < 4.78 is 7.70. The minimum absolute atomic E-state index is 0.337. The number of aromatic nitrogens is 2. The molecule has 0 saturated carbocycles. The second-order valence-electron chi connectivity index (χ2n) is 5.33. The van der Waals surface area contributed by atoms with Gasteiger partial charge in [-0.1, -0.05) is 0 Å². The molecule has 0 aromatic carbocycles. The number of rotatable bonds is 4. The fraction of sp³-hybridized carbons (Fsp3) is 0.786. The van der Waals surface area contributed by atoms with E-state index in [1.54, 1.807) is 0 Å². The van der Waals surface area contributed by atoms with Crippen LogP contribution in [-0.2, 0) is 11.8 Å². The first kappa shape index (κ1) is 13.6. The molecule has 102 valence electrons. The van der Waals surface area contributed by atoms with Crippen LogP contribution in [-0.4, -0.2) is 29.0 Å². The summed E-state index contributed by atoms with van der Waals surface area (Å²) in [6.45, 7) is 8.28. The minimum Gasteiger partial charge on any atom is -0.377 e. The maximum absolute atomic E-state index is 5.75. The minimum atomic E-state index is 0.337. The van der Waals surface area contributed by atoms with E-state index < -0.39 is 0 Å². The SMILES string of the molecule is Cc1nn(C)c(C)c1C(C)NCC1CCCCO1. The Bertz CT molecular complexity index is 394. The van der Waals surface area contributed by atoms with E-state index >= 15 is 0 Å². The molecule has 1 aromatic rings. The summed E-state index contributed by atoms with van der Waals surface area (Å²) in [6, 6.07) is 0.337. The summed E-state index contributed by atoms with van der Waals surface area (Å²) in [5, 5.41) is 8.06. The predicted octanol–water partition coefficient (Wildman–Crippen LogP) is 2.26. The molecule has 4 heteroatoms. The van der Waals surface area contributed by atoms with Crippen molar-refractivity contribution in [3.8, 4) is 0 Å². The van der Waals surface area contributed by atoms with Gasteiger partial charge in [-0.15, -0.1) is 0 Å². The van der Waals surface area contributed by atoms with E-state index in [9.17, 15) is 0 Å². The molecule has 0 aliphatic carbocycles. The number of nitrogens with one attached hydrogen (secondary N) is 1. The van der Waals surface area contributed by atoms with Gasteiger partial charge >= 0.3 is 0 Å². The Morgan fingerprint density at radius 2 is 2.22 bits per heavy atom. The Morgan fingerprint density at radius 1 is 1.44 bits per heavy atom. The van der Waals surface area contributed by atoms with Gasteiger partial charge in [0.05, 0.1) is 11.8 Å². The number of hydrogen-bond acceptors (Lipinski definition) is 3. The Hall–Kier alpha value is -0.870. The lowest BCUT2D eigenvalue weighted by molar-refractivity contribution is 0.0156. The van der Waals surface area contributed by atoms with E-state index in [4.69, 9.17) is 4.74 Å². The van der Waals surface area contributed by atoms with Crippen LogP contribution in [0.2, 0.25) is 0 Å². The van der Waals surface area contributed by atoms with Crippen LogP contribution in [0.1, 0.15) is 49.2 Å². The molecule has 1 aliphatic rings. The smallest absolute Gasteiger partial charge is 0.0699 e. The lowest BCUT2D eigenvalue weighted by Crippen LogP contribution is -2.33. The molecular weight excluding hydrogens is 226 g/mol. The van der Waals surface area contributed by atoms with Crippen LogP contribution in [0, 0.1) is 13.8 Å². The van der Waals surface area contributed by atoms with Crippen molar-refractivity contribution in [2.75, 3.05) is 13.2 Å². The van der Waals surface area contributed by atoms with Crippen LogP contribution in [0.25, 0.3) is 0 Å². The van der Waals surface area contributed by atoms with Gasteiger partial charge in [0.25, 0.3) is 0 Å². The maximum Gasteiger partial charge on any atom is 0.0699 e. The van der Waals surface area contributed by atoms with E-state index in [2.05, 4.69) is 31.2 Å². The van der Waals surface area contributed by atoms with Crippen LogP contribution >= 0.6 is 0 Å². The van der Waals surface area contributed by atoms with Gasteiger partial charge in [-0.25, -0.2) is 0 Å². The summed E-state index contributed by atoms with van der Waals surface area (Å²) in [6.07, 6.45) is 4.09. The molecule has 1 aliphatic heterocycles. The van der Waals surface area contributed by atoms with Gasteiger partial charge in [0.15, 0.2) is 0 Å². The van der Waals surface area contributed by atoms with Crippen molar-refractivity contribution in [3.63, 3.8) is 0 Å². The molecule has 4 nitrogen and oxygen atoms in total. The number of hydrogen-bond donors (Lipinski definition) is 1. The highest BCUT2D eigenvalue weighted by Gasteiger charge is 2.18. The summed E-state index contributed by atoms with van der Waals surface area (Å²) in [7, 11) is 2.00. The average Bonchev–Trinajstić information content (AvgIpc) is 2.62. The predicted molar refractivity (Wildman–Crippen MR) is 72.7 cm³/mol. The van der Waals surface area contributed by atoms with Gasteiger partial charge in [0.2, 0.25) is 0 Å². The summed E-state index contributed by atoms with van der Waals surface area (Å²) >= 11 is 0. The second-order valence-corrected chi connectivity index (χ2v) is 5.33. The third kappa shape index (κ3) is 2.93. The summed E-state index contributed by atoms with van der Waals surface area (Å²) in [5.74, 6) is 0. The van der Waals surface area contributed by atoms with Crippen LogP contribution in [0.4, 0.5) is 0 Å². The molecular formula is C14H25N3O. The van der Waals surface area contributed by atoms with Crippen molar-refractivity contribution in [1.29, 1.82) is 0 Å². The summed E-state index contributed by atoms with van der Waals surface area (Å²) in [5.41, 5.74) is 3.70. The highest BCUT2D eigenvalue weighted by molar-refractivity contribution is 5.27. The molecule has 0 spiro atoms. The van der Waals surface area contributed by atoms with Gasteiger partial charge in [0, 0.05) is 37.5 Å². The third-order valence-electron chi connectivity index (χ3n) is 3.92. The lowest BCUT2D eigenvalue weighted by atomic mass is 10.1. The average molecular weight is 251 g/mol. The van der Waals surface area contributed by atoms with Crippen molar-refractivity contribution >= 4 is 0 Å². The largest absolute Gasteiger partial charge is 0.377 e. The van der Waals surface area contributed by atoms with Gasteiger partial charge in [-0.2, -0.15) is 5.10 Å². The molecule has 1 saturated heterocycles. The Labute approximate surface area is 110 Å². The molecule has 2 atom stereocenters. The van der Waals surface area contributed by atoms with Crippen molar-refractivity contribution in [3.05, 3.63) is 17.0 Å². The quantitative estimate of drug-likeness (QED) is 0.892.